The Bertz CT molecular complexity index is 5700. The van der Waals surface area contributed by atoms with Crippen molar-refractivity contribution in [2.24, 2.45) is 0 Å². The molecule has 0 aliphatic carbocycles. The molecule has 0 spiro atoms. The fraction of sp³-hybridized carbons (Fsp3) is 0.0588. The molecule has 18 rings (SSSR count). The van der Waals surface area contributed by atoms with Crippen LogP contribution in [0.2, 0.25) is 0 Å². The second-order valence-electron chi connectivity index (χ2n) is 26.3. The number of hydrogen-bond donors (Lipinski definition) is 0. The van der Waals surface area contributed by atoms with Crippen molar-refractivity contribution < 1.29 is 0 Å². The van der Waals surface area contributed by atoms with E-state index in [1.165, 1.54) is 165 Å². The van der Waals surface area contributed by atoms with Gasteiger partial charge in [0.2, 0.25) is 0 Å². The van der Waals surface area contributed by atoms with Crippen molar-refractivity contribution in [2.45, 2.75) is 41.5 Å². The third-order valence-electron chi connectivity index (χ3n) is 18.9. The van der Waals surface area contributed by atoms with E-state index in [9.17, 15) is 0 Å². The summed E-state index contributed by atoms with van der Waals surface area (Å²) in [5.74, 6) is 0. The lowest BCUT2D eigenvalue weighted by Gasteiger charge is -2.09. The van der Waals surface area contributed by atoms with Crippen molar-refractivity contribution >= 4 is 64.6 Å². The van der Waals surface area contributed by atoms with Crippen LogP contribution in [0.25, 0.3) is 131 Å². The van der Waals surface area contributed by atoms with E-state index in [1.54, 1.807) is 0 Å². The van der Waals surface area contributed by atoms with E-state index in [2.05, 4.69) is 442 Å². The van der Waals surface area contributed by atoms with Crippen LogP contribution in [0, 0.1) is 41.5 Å². The Hall–Kier alpha value is -12.5. The highest BCUT2D eigenvalue weighted by atomic mass is 14.1. The van der Waals surface area contributed by atoms with Crippen LogP contribution in [-0.4, -0.2) is 0 Å². The molecule has 0 nitrogen and oxygen atoms in total. The molecule has 0 amide bonds. The molecule has 0 saturated heterocycles. The Balaban J connectivity index is 0.000000109. The van der Waals surface area contributed by atoms with Gasteiger partial charge in [-0.05, 0) is 202 Å². The molecular formula is C102H84. The maximum absolute atomic E-state index is 2.26. The topological polar surface area (TPSA) is 0 Å². The van der Waals surface area contributed by atoms with Crippen LogP contribution in [-0.2, 0) is 0 Å². The normalized spacial score (nSPS) is 10.6. The molecule has 0 unspecified atom stereocenters. The molecule has 492 valence electrons. The van der Waals surface area contributed by atoms with Gasteiger partial charge in [-0.2, -0.15) is 0 Å². The van der Waals surface area contributed by atoms with Gasteiger partial charge in [-0.1, -0.05) is 405 Å². The predicted molar refractivity (Wildman–Crippen MR) is 445 cm³/mol. The summed E-state index contributed by atoms with van der Waals surface area (Å²) in [4.78, 5) is 0. The van der Waals surface area contributed by atoms with Crippen molar-refractivity contribution in [3.05, 3.63) is 434 Å². The zero-order valence-corrected chi connectivity index (χ0v) is 59.1. The minimum Gasteiger partial charge on any atom is -0.0622 e. The molecule has 0 heterocycles. The molecule has 0 aliphatic rings. The summed E-state index contributed by atoms with van der Waals surface area (Å²) in [5, 5.41) is 15.8. The van der Waals surface area contributed by atoms with Crippen LogP contribution in [0.3, 0.4) is 0 Å². The Labute approximate surface area is 602 Å². The zero-order chi connectivity index (χ0) is 70.0. The Morgan fingerprint density at radius 1 is 0.127 bits per heavy atom. The number of benzene rings is 18. The Morgan fingerprint density at radius 2 is 0.461 bits per heavy atom. The highest BCUT2D eigenvalue weighted by Gasteiger charge is 2.09. The summed E-state index contributed by atoms with van der Waals surface area (Å²) < 4.78 is 0. The molecule has 0 radical (unpaired) electrons. The van der Waals surface area contributed by atoms with Crippen LogP contribution in [0.15, 0.2) is 400 Å². The van der Waals surface area contributed by atoms with Gasteiger partial charge in [0.15, 0.2) is 0 Å². The third kappa shape index (κ3) is 16.8. The molecule has 102 heavy (non-hydrogen) atoms. The van der Waals surface area contributed by atoms with Gasteiger partial charge in [0.1, 0.15) is 0 Å². The molecule has 18 aromatic rings. The van der Waals surface area contributed by atoms with E-state index in [1.807, 2.05) is 0 Å². The summed E-state index contributed by atoms with van der Waals surface area (Å²) in [6.07, 6.45) is 0. The monoisotopic (exact) mass is 1310 g/mol. The average Bonchev–Trinajstić information content (AvgIpc) is 0.823. The molecule has 0 N–H and O–H groups in total. The summed E-state index contributed by atoms with van der Waals surface area (Å²) >= 11 is 0. The lowest BCUT2D eigenvalue weighted by molar-refractivity contribution is 1.47. The van der Waals surface area contributed by atoms with E-state index < -0.39 is 0 Å². The molecular weight excluding hydrogens is 1230 g/mol. The molecule has 0 atom stereocenters. The van der Waals surface area contributed by atoms with Gasteiger partial charge in [0, 0.05) is 0 Å². The van der Waals surface area contributed by atoms with Crippen LogP contribution in [0.1, 0.15) is 33.4 Å². The fourth-order valence-electron chi connectivity index (χ4n) is 13.6. The fourth-order valence-corrected chi connectivity index (χ4v) is 13.6. The highest BCUT2D eigenvalue weighted by Crippen LogP contribution is 2.35. The standard InChI is InChI=1S/6C17H14/c1-13-5-4-8-15(11-13)17-10-9-14-6-2-3-7-16(14)12-17;1-13-7-5-12-17-15(13)10-6-11-16(17)14-8-3-2-4-9-14;1-13-11-15-9-5-6-10-16(15)17(12-13)14-7-3-2-4-8-14;1-13-11-12-16(14-7-3-2-4-8-14)17-10-6-5-9-15(13)17;1-13-10-11-17-15(12-13)8-5-9-16(17)14-6-3-2-4-7-14;1-13-6-8-15(9-7-13)17-11-10-14-4-2-3-5-16(14)12-17/h6*2-12H,1H3. The first-order chi connectivity index (χ1) is 50.1. The van der Waals surface area contributed by atoms with E-state index in [0.29, 0.717) is 0 Å². The van der Waals surface area contributed by atoms with Gasteiger partial charge in [-0.15, -0.1) is 0 Å². The van der Waals surface area contributed by atoms with Gasteiger partial charge in [-0.25, -0.2) is 0 Å². The Morgan fingerprint density at radius 3 is 1.02 bits per heavy atom. The largest absolute Gasteiger partial charge is 0.0622 e. The van der Waals surface area contributed by atoms with Gasteiger partial charge in [0.25, 0.3) is 0 Å². The molecule has 0 bridgehead atoms. The lowest BCUT2D eigenvalue weighted by atomic mass is 9.96. The quantitative estimate of drug-likeness (QED) is 0.156. The van der Waals surface area contributed by atoms with E-state index in [0.717, 1.165) is 0 Å². The van der Waals surface area contributed by atoms with Gasteiger partial charge < -0.3 is 0 Å². The minimum absolute atomic E-state index is 1.28. The lowest BCUT2D eigenvalue weighted by Crippen LogP contribution is -1.83. The maximum Gasteiger partial charge on any atom is -0.0103 e. The zero-order valence-electron chi connectivity index (χ0n) is 59.1. The Kier molecular flexibility index (Phi) is 22.0. The van der Waals surface area contributed by atoms with E-state index in [-0.39, 0.29) is 0 Å². The number of fused-ring (bicyclic) bond motifs is 6. The summed E-state index contributed by atoms with van der Waals surface area (Å²) in [6, 6.07) is 142. The summed E-state index contributed by atoms with van der Waals surface area (Å²) in [6.45, 7) is 12.9. The molecule has 0 heteroatoms. The minimum atomic E-state index is 1.28. The van der Waals surface area contributed by atoms with Gasteiger partial charge >= 0.3 is 0 Å². The number of aryl methyl sites for hydroxylation is 6. The molecule has 0 fully saturated rings. The second-order valence-corrected chi connectivity index (χ2v) is 26.3. The van der Waals surface area contributed by atoms with E-state index >= 15 is 0 Å². The summed E-state index contributed by atoms with van der Waals surface area (Å²) in [7, 11) is 0. The van der Waals surface area contributed by atoms with Crippen LogP contribution >= 0.6 is 0 Å². The van der Waals surface area contributed by atoms with Gasteiger partial charge in [0.05, 0.1) is 0 Å². The van der Waals surface area contributed by atoms with Crippen LogP contribution in [0.4, 0.5) is 0 Å². The van der Waals surface area contributed by atoms with Crippen molar-refractivity contribution in [3.8, 4) is 66.8 Å². The molecule has 0 aromatic heterocycles. The smallest absolute Gasteiger partial charge is 0.0103 e. The maximum atomic E-state index is 2.26. The summed E-state index contributed by atoms with van der Waals surface area (Å²) in [5.41, 5.74) is 23.4. The SMILES string of the molecule is Cc1cc(-c2ccccc2)c2ccccc2c1.Cc1ccc(-c2ccc3ccccc3c2)cc1.Cc1ccc(-c2ccccc2)c2ccccc12.Cc1ccc2c(-c3ccccc3)cccc2c1.Cc1cccc(-c2ccc3ccccc3c2)c1.Cc1cccc2c(-c3ccccc3)cccc12. The third-order valence-corrected chi connectivity index (χ3v) is 18.9. The predicted octanol–water partition coefficient (Wildman–Crippen LogP) is 28.9. The number of rotatable bonds is 6. The van der Waals surface area contributed by atoms with Gasteiger partial charge in [-0.3, -0.25) is 0 Å². The first kappa shape index (κ1) is 68.1. The first-order valence-corrected chi connectivity index (χ1v) is 35.4. The van der Waals surface area contributed by atoms with Crippen molar-refractivity contribution in [1.29, 1.82) is 0 Å². The van der Waals surface area contributed by atoms with Crippen LogP contribution in [0.5, 0.6) is 0 Å². The van der Waals surface area contributed by atoms with Crippen molar-refractivity contribution in [1.82, 2.24) is 0 Å². The van der Waals surface area contributed by atoms with Crippen molar-refractivity contribution in [2.75, 3.05) is 0 Å². The van der Waals surface area contributed by atoms with Crippen LogP contribution < -0.4 is 0 Å². The molecule has 18 aromatic carbocycles. The number of hydrogen-bond acceptors (Lipinski definition) is 0. The average molecular weight is 1310 g/mol. The van der Waals surface area contributed by atoms with E-state index in [4.69, 9.17) is 0 Å². The highest BCUT2D eigenvalue weighted by molar-refractivity contribution is 6.01. The first-order valence-electron chi connectivity index (χ1n) is 35.4. The second kappa shape index (κ2) is 32.9. The van der Waals surface area contributed by atoms with Crippen molar-refractivity contribution in [3.63, 3.8) is 0 Å². The molecule has 0 aliphatic heterocycles. The molecule has 0 saturated carbocycles.